The van der Waals surface area contributed by atoms with Crippen LogP contribution in [0, 0.1) is 6.92 Å². The largest absolute Gasteiger partial charge is 0.493 e. The Kier molecular flexibility index (Phi) is 5.92. The van der Waals surface area contributed by atoms with Crippen LogP contribution in [0.15, 0.2) is 54.7 Å². The second kappa shape index (κ2) is 9.17. The zero-order valence-corrected chi connectivity index (χ0v) is 19.9. The molecule has 0 bridgehead atoms. The van der Waals surface area contributed by atoms with Crippen molar-refractivity contribution in [1.82, 2.24) is 15.0 Å². The third kappa shape index (κ3) is 4.59. The van der Waals surface area contributed by atoms with E-state index in [1.807, 2.05) is 37.4 Å². The lowest BCUT2D eigenvalue weighted by Gasteiger charge is -2.19. The molecular weight excluding hydrogens is 426 g/mol. The quantitative estimate of drug-likeness (QED) is 0.330. The van der Waals surface area contributed by atoms with Crippen molar-refractivity contribution >= 4 is 28.1 Å². The van der Waals surface area contributed by atoms with E-state index in [0.29, 0.717) is 17.4 Å². The van der Waals surface area contributed by atoms with Crippen molar-refractivity contribution in [1.29, 1.82) is 0 Å². The first-order chi connectivity index (χ1) is 16.5. The van der Waals surface area contributed by atoms with Gasteiger partial charge in [0.25, 0.3) is 0 Å². The van der Waals surface area contributed by atoms with Crippen LogP contribution in [0.4, 0.5) is 17.2 Å². The summed E-state index contributed by atoms with van der Waals surface area (Å²) >= 11 is 0. The fourth-order valence-corrected chi connectivity index (χ4v) is 3.99. The Bertz CT molecular complexity index is 1320. The second-order valence-electron chi connectivity index (χ2n) is 8.73. The monoisotopic (exact) mass is 455 g/mol. The van der Waals surface area contributed by atoms with Crippen molar-refractivity contribution in [2.24, 2.45) is 0 Å². The van der Waals surface area contributed by atoms with Crippen molar-refractivity contribution in [3.63, 3.8) is 0 Å². The van der Waals surface area contributed by atoms with E-state index < -0.39 is 0 Å². The van der Waals surface area contributed by atoms with E-state index in [0.717, 1.165) is 58.0 Å². The number of anilines is 3. The Morgan fingerprint density at radius 1 is 0.941 bits per heavy atom. The van der Waals surface area contributed by atoms with Crippen molar-refractivity contribution < 1.29 is 9.47 Å². The minimum absolute atomic E-state index is 0.0242. The first kappa shape index (κ1) is 21.9. The van der Waals surface area contributed by atoms with E-state index in [1.54, 1.807) is 14.2 Å². The summed E-state index contributed by atoms with van der Waals surface area (Å²) in [5, 5.41) is 7.97. The lowest BCUT2D eigenvalue weighted by atomic mass is 10.1. The van der Waals surface area contributed by atoms with Crippen molar-refractivity contribution in [3.05, 3.63) is 71.8 Å². The van der Waals surface area contributed by atoms with E-state index in [2.05, 4.69) is 46.8 Å². The van der Waals surface area contributed by atoms with Gasteiger partial charge in [-0.1, -0.05) is 12.1 Å². The highest BCUT2D eigenvalue weighted by Crippen LogP contribution is 2.41. The molecule has 174 valence electrons. The van der Waals surface area contributed by atoms with Crippen molar-refractivity contribution in [2.45, 2.75) is 38.6 Å². The molecule has 7 heteroatoms. The number of hydrogen-bond donors (Lipinski definition) is 2. The van der Waals surface area contributed by atoms with Gasteiger partial charge in [0.15, 0.2) is 11.5 Å². The van der Waals surface area contributed by atoms with Gasteiger partial charge in [-0.3, -0.25) is 4.98 Å². The van der Waals surface area contributed by atoms with Crippen LogP contribution in [0.25, 0.3) is 10.9 Å². The number of aromatic nitrogens is 3. The molecule has 0 saturated heterocycles. The summed E-state index contributed by atoms with van der Waals surface area (Å²) in [5.41, 5.74) is 4.96. The van der Waals surface area contributed by atoms with Gasteiger partial charge in [-0.2, -0.15) is 0 Å². The third-order valence-corrected chi connectivity index (χ3v) is 6.10. The van der Waals surface area contributed by atoms with Crippen LogP contribution < -0.4 is 20.1 Å². The molecule has 0 aliphatic heterocycles. The second-order valence-corrected chi connectivity index (χ2v) is 8.73. The van der Waals surface area contributed by atoms with Gasteiger partial charge in [0, 0.05) is 28.8 Å². The summed E-state index contributed by atoms with van der Waals surface area (Å²) in [6.45, 7) is 4.12. The Balaban J connectivity index is 1.45. The molecule has 1 aliphatic carbocycles. The Morgan fingerprint density at radius 2 is 1.74 bits per heavy atom. The van der Waals surface area contributed by atoms with Gasteiger partial charge >= 0.3 is 0 Å². The number of hydrogen-bond acceptors (Lipinski definition) is 7. The zero-order chi connectivity index (χ0) is 23.7. The first-order valence-corrected chi connectivity index (χ1v) is 11.5. The predicted octanol–water partition coefficient (Wildman–Crippen LogP) is 6.14. The van der Waals surface area contributed by atoms with Crippen LogP contribution in [-0.4, -0.2) is 29.2 Å². The first-order valence-electron chi connectivity index (χ1n) is 11.5. The molecule has 2 aromatic heterocycles. The molecule has 1 fully saturated rings. The van der Waals surface area contributed by atoms with E-state index in [-0.39, 0.29) is 6.04 Å². The van der Waals surface area contributed by atoms with Crippen LogP contribution in [0.2, 0.25) is 0 Å². The van der Waals surface area contributed by atoms with Crippen LogP contribution >= 0.6 is 0 Å². The van der Waals surface area contributed by atoms with Crippen molar-refractivity contribution in [2.75, 3.05) is 24.9 Å². The van der Waals surface area contributed by atoms with Gasteiger partial charge < -0.3 is 20.1 Å². The lowest BCUT2D eigenvalue weighted by molar-refractivity contribution is 0.356. The molecule has 7 nitrogen and oxygen atoms in total. The molecule has 1 aliphatic rings. The Hall–Kier alpha value is -3.87. The van der Waals surface area contributed by atoms with E-state index in [9.17, 15) is 0 Å². The van der Waals surface area contributed by atoms with E-state index in [4.69, 9.17) is 19.4 Å². The van der Waals surface area contributed by atoms with E-state index >= 15 is 0 Å². The van der Waals surface area contributed by atoms with Crippen LogP contribution in [0.5, 0.6) is 11.5 Å². The van der Waals surface area contributed by atoms with Crippen LogP contribution in [0.1, 0.15) is 48.8 Å². The Labute approximate surface area is 199 Å². The number of benzene rings is 2. The normalized spacial score (nSPS) is 14.0. The Morgan fingerprint density at radius 3 is 2.44 bits per heavy atom. The van der Waals surface area contributed by atoms with Crippen molar-refractivity contribution in [3.8, 4) is 11.5 Å². The number of fused-ring (bicyclic) bond motifs is 1. The fraction of sp³-hybridized carbons (Fsp3) is 0.296. The molecule has 0 unspecified atom stereocenters. The predicted molar refractivity (Wildman–Crippen MR) is 135 cm³/mol. The maximum atomic E-state index is 5.54. The third-order valence-electron chi connectivity index (χ3n) is 6.10. The van der Waals surface area contributed by atoms with Gasteiger partial charge in [-0.15, -0.1) is 0 Å². The lowest BCUT2D eigenvalue weighted by Crippen LogP contribution is -2.10. The molecule has 4 aromatic rings. The van der Waals surface area contributed by atoms with Gasteiger partial charge in [-0.05, 0) is 62.6 Å². The average molecular weight is 456 g/mol. The maximum absolute atomic E-state index is 5.54. The summed E-state index contributed by atoms with van der Waals surface area (Å²) in [5.74, 6) is 3.45. The summed E-state index contributed by atoms with van der Waals surface area (Å²) in [6, 6.07) is 16.3. The number of aryl methyl sites for hydroxylation is 1. The van der Waals surface area contributed by atoms with Crippen LogP contribution in [-0.2, 0) is 0 Å². The molecule has 1 saturated carbocycles. The number of ether oxygens (including phenoxy) is 2. The number of methoxy groups -OCH3 is 2. The molecule has 1 atom stereocenters. The highest BCUT2D eigenvalue weighted by atomic mass is 16.5. The molecular formula is C27H29N5O2. The zero-order valence-electron chi connectivity index (χ0n) is 19.9. The highest BCUT2D eigenvalue weighted by molar-refractivity contribution is 5.92. The summed E-state index contributed by atoms with van der Waals surface area (Å²) in [4.78, 5) is 14.1. The van der Waals surface area contributed by atoms with Gasteiger partial charge in [0.2, 0.25) is 0 Å². The fourth-order valence-electron chi connectivity index (χ4n) is 3.99. The summed E-state index contributed by atoms with van der Waals surface area (Å²) in [7, 11) is 3.28. The number of nitrogens with zero attached hydrogens (tertiary/aromatic N) is 3. The summed E-state index contributed by atoms with van der Waals surface area (Å²) < 4.78 is 11.0. The topological polar surface area (TPSA) is 81.2 Å². The molecule has 34 heavy (non-hydrogen) atoms. The summed E-state index contributed by atoms with van der Waals surface area (Å²) in [6.07, 6.45) is 4.11. The maximum Gasteiger partial charge on any atom is 0.162 e. The molecule has 5 rings (SSSR count). The average Bonchev–Trinajstić information content (AvgIpc) is 3.70. The highest BCUT2D eigenvalue weighted by Gasteiger charge is 2.28. The van der Waals surface area contributed by atoms with E-state index in [1.165, 1.54) is 0 Å². The number of nitrogens with one attached hydrogen (secondary N) is 2. The van der Waals surface area contributed by atoms with Gasteiger partial charge in [0.05, 0.1) is 37.7 Å². The smallest absolute Gasteiger partial charge is 0.162 e. The van der Waals surface area contributed by atoms with Gasteiger partial charge in [0.1, 0.15) is 11.6 Å². The molecule has 2 heterocycles. The minimum atomic E-state index is 0.0242. The number of pyridine rings is 1. The standard InChI is InChI=1S/C27H29N5O2/c1-16-8-11-21(15-28-16)30-20-7-5-6-19(12-20)17(2)29-27-22-13-24(33-3)25(34-4)14-23(22)31-26(32-27)18-9-10-18/h5-8,11-15,17-18,30H,9-10H2,1-4H3,(H,29,31,32)/t17-/m1/s1. The SMILES string of the molecule is COc1cc2nc(C3CC3)nc(N[C@H](C)c3cccc(Nc4ccc(C)nc4)c3)c2cc1OC. The minimum Gasteiger partial charge on any atom is -0.493 e. The molecule has 0 radical (unpaired) electrons. The van der Waals surface area contributed by atoms with Gasteiger partial charge in [-0.25, -0.2) is 9.97 Å². The van der Waals surface area contributed by atoms with Crippen LogP contribution in [0.3, 0.4) is 0 Å². The molecule has 2 N–H and O–H groups in total. The molecule has 2 aromatic carbocycles. The molecule has 0 spiro atoms. The number of rotatable bonds is 8. The molecule has 0 amide bonds.